The Morgan fingerprint density at radius 2 is 2.12 bits per heavy atom. The minimum absolute atomic E-state index is 0. The van der Waals surface area contributed by atoms with E-state index in [-0.39, 0.29) is 24.0 Å². The predicted molar refractivity (Wildman–Crippen MR) is 113 cm³/mol. The van der Waals surface area contributed by atoms with Crippen LogP contribution in [-0.4, -0.2) is 37.5 Å². The lowest BCUT2D eigenvalue weighted by Gasteiger charge is -2.10. The number of ether oxygens (including phenoxy) is 2. The highest BCUT2D eigenvalue weighted by Gasteiger charge is 2.05. The Balaban J connectivity index is 0.00000288. The van der Waals surface area contributed by atoms with Crippen LogP contribution in [0.2, 0.25) is 0 Å². The van der Waals surface area contributed by atoms with E-state index in [1.165, 1.54) is 0 Å². The number of hydrogen-bond acceptors (Lipinski definition) is 6. The number of methoxy groups -OCH3 is 2. The van der Waals surface area contributed by atoms with Crippen LogP contribution in [0.5, 0.6) is 11.5 Å². The number of thioether (sulfide) groups is 1. The minimum atomic E-state index is 0. The summed E-state index contributed by atoms with van der Waals surface area (Å²) >= 11 is 3.39. The van der Waals surface area contributed by atoms with E-state index >= 15 is 0 Å². The lowest BCUT2D eigenvalue weighted by Crippen LogP contribution is -2.22. The number of nitrogens with one attached hydrogen (secondary N) is 1. The highest BCUT2D eigenvalue weighted by atomic mass is 127. The van der Waals surface area contributed by atoms with Crippen molar-refractivity contribution < 1.29 is 9.47 Å². The van der Waals surface area contributed by atoms with Gasteiger partial charge >= 0.3 is 0 Å². The Hall–Kier alpha value is -1.20. The normalized spacial score (nSPS) is 10.8. The Bertz CT molecular complexity index is 638. The second-order valence-electron chi connectivity index (χ2n) is 4.46. The summed E-state index contributed by atoms with van der Waals surface area (Å²) in [5.41, 5.74) is 6.70. The molecule has 0 unspecified atom stereocenters. The molecule has 2 aromatic rings. The average molecular weight is 480 g/mol. The number of halogens is 1. The topological polar surface area (TPSA) is 81.8 Å². The number of nitrogens with zero attached hydrogens (tertiary/aromatic N) is 2. The number of thiazole rings is 1. The largest absolute Gasteiger partial charge is 0.493 e. The molecule has 0 aliphatic rings. The predicted octanol–water partition coefficient (Wildman–Crippen LogP) is 3.69. The number of guanidine groups is 1. The SMILES string of the molecule is COc1ccc(NC(N)=NCCCSc2nccs2)cc1OC.I. The van der Waals surface area contributed by atoms with Crippen molar-refractivity contribution in [2.75, 3.05) is 31.8 Å². The van der Waals surface area contributed by atoms with Crippen molar-refractivity contribution in [1.29, 1.82) is 0 Å². The number of aliphatic imine (C=N–C) groups is 1. The van der Waals surface area contributed by atoms with Crippen LogP contribution in [0.3, 0.4) is 0 Å². The first kappa shape index (κ1) is 20.8. The van der Waals surface area contributed by atoms with Gasteiger partial charge in [-0.15, -0.1) is 35.3 Å². The van der Waals surface area contributed by atoms with Gasteiger partial charge in [-0.3, -0.25) is 4.99 Å². The van der Waals surface area contributed by atoms with Crippen molar-refractivity contribution >= 4 is 58.7 Å². The quantitative estimate of drug-likeness (QED) is 0.197. The lowest BCUT2D eigenvalue weighted by molar-refractivity contribution is 0.355. The molecule has 0 atom stereocenters. The van der Waals surface area contributed by atoms with Crippen LogP contribution < -0.4 is 20.5 Å². The van der Waals surface area contributed by atoms with E-state index in [1.54, 1.807) is 37.3 Å². The van der Waals surface area contributed by atoms with Crippen LogP contribution in [0.25, 0.3) is 0 Å². The monoisotopic (exact) mass is 480 g/mol. The number of benzene rings is 1. The first-order valence-corrected chi connectivity index (χ1v) is 8.90. The van der Waals surface area contributed by atoms with Gasteiger partial charge in [0.15, 0.2) is 17.5 Å². The van der Waals surface area contributed by atoms with Gasteiger partial charge in [0.25, 0.3) is 0 Å². The summed E-state index contributed by atoms with van der Waals surface area (Å²) < 4.78 is 11.5. The molecule has 0 fully saturated rings. The van der Waals surface area contributed by atoms with Crippen LogP contribution in [0.4, 0.5) is 5.69 Å². The van der Waals surface area contributed by atoms with E-state index in [9.17, 15) is 0 Å². The molecule has 0 saturated heterocycles. The fraction of sp³-hybridized carbons (Fsp3) is 0.333. The number of anilines is 1. The van der Waals surface area contributed by atoms with Gasteiger partial charge < -0.3 is 20.5 Å². The summed E-state index contributed by atoms with van der Waals surface area (Å²) in [5.74, 6) is 2.68. The molecule has 1 aromatic heterocycles. The van der Waals surface area contributed by atoms with E-state index in [0.717, 1.165) is 22.2 Å². The highest BCUT2D eigenvalue weighted by molar-refractivity contribution is 14.0. The third-order valence-corrected chi connectivity index (χ3v) is 4.93. The number of hydrogen-bond donors (Lipinski definition) is 2. The van der Waals surface area contributed by atoms with Crippen molar-refractivity contribution in [3.63, 3.8) is 0 Å². The van der Waals surface area contributed by atoms with Crippen LogP contribution >= 0.6 is 47.1 Å². The summed E-state index contributed by atoms with van der Waals surface area (Å²) in [6.45, 7) is 0.671. The molecular weight excluding hydrogens is 459 g/mol. The molecule has 0 aliphatic carbocycles. The molecule has 6 nitrogen and oxygen atoms in total. The molecule has 1 heterocycles. The third-order valence-electron chi connectivity index (χ3n) is 2.88. The van der Waals surface area contributed by atoms with Crippen LogP contribution in [0.15, 0.2) is 39.1 Å². The number of nitrogens with two attached hydrogens (primary N) is 1. The van der Waals surface area contributed by atoms with E-state index in [4.69, 9.17) is 15.2 Å². The smallest absolute Gasteiger partial charge is 0.193 e. The van der Waals surface area contributed by atoms with Crippen LogP contribution in [0.1, 0.15) is 6.42 Å². The number of rotatable bonds is 8. The molecule has 2 rings (SSSR count). The maximum absolute atomic E-state index is 5.89. The van der Waals surface area contributed by atoms with Gasteiger partial charge in [0, 0.05) is 35.6 Å². The van der Waals surface area contributed by atoms with E-state index in [0.29, 0.717) is 24.0 Å². The molecule has 0 spiro atoms. The molecule has 132 valence electrons. The standard InChI is InChI=1S/C15H20N4O2S2.HI/c1-20-12-5-4-11(10-13(12)21-2)19-14(16)17-6-3-8-22-15-18-7-9-23-15;/h4-5,7,9-10H,3,6,8H2,1-2H3,(H3,16,17,19);1H. The molecule has 0 radical (unpaired) electrons. The molecule has 0 bridgehead atoms. The van der Waals surface area contributed by atoms with Gasteiger partial charge in [0.1, 0.15) is 4.34 Å². The van der Waals surface area contributed by atoms with Gasteiger partial charge in [0.05, 0.1) is 14.2 Å². The van der Waals surface area contributed by atoms with Crippen molar-refractivity contribution in [1.82, 2.24) is 4.98 Å². The molecule has 0 aliphatic heterocycles. The van der Waals surface area contributed by atoms with E-state index in [1.807, 2.05) is 29.8 Å². The Morgan fingerprint density at radius 3 is 2.79 bits per heavy atom. The molecule has 3 N–H and O–H groups in total. The van der Waals surface area contributed by atoms with Crippen molar-refractivity contribution in [2.24, 2.45) is 10.7 Å². The van der Waals surface area contributed by atoms with Gasteiger partial charge in [0.2, 0.25) is 0 Å². The zero-order valence-corrected chi connectivity index (χ0v) is 17.5. The fourth-order valence-corrected chi connectivity index (χ4v) is 3.44. The minimum Gasteiger partial charge on any atom is -0.493 e. The highest BCUT2D eigenvalue weighted by Crippen LogP contribution is 2.29. The summed E-state index contributed by atoms with van der Waals surface area (Å²) in [6, 6.07) is 5.50. The summed E-state index contributed by atoms with van der Waals surface area (Å²) in [6.07, 6.45) is 2.76. The lowest BCUT2D eigenvalue weighted by atomic mass is 10.3. The Labute approximate surface area is 167 Å². The maximum Gasteiger partial charge on any atom is 0.193 e. The third kappa shape index (κ3) is 6.73. The summed E-state index contributed by atoms with van der Waals surface area (Å²) in [7, 11) is 3.20. The van der Waals surface area contributed by atoms with Crippen molar-refractivity contribution in [3.05, 3.63) is 29.8 Å². The van der Waals surface area contributed by atoms with Gasteiger partial charge in [-0.2, -0.15) is 0 Å². The molecular formula is C15H21IN4O2S2. The zero-order chi connectivity index (χ0) is 16.5. The first-order valence-electron chi connectivity index (χ1n) is 7.04. The molecule has 0 amide bonds. The van der Waals surface area contributed by atoms with Gasteiger partial charge in [-0.1, -0.05) is 11.8 Å². The van der Waals surface area contributed by atoms with Gasteiger partial charge in [-0.05, 0) is 18.6 Å². The number of aromatic nitrogens is 1. The van der Waals surface area contributed by atoms with Crippen molar-refractivity contribution in [3.8, 4) is 11.5 Å². The molecule has 1 aromatic carbocycles. The Morgan fingerprint density at radius 1 is 1.33 bits per heavy atom. The first-order chi connectivity index (χ1) is 11.2. The van der Waals surface area contributed by atoms with E-state index in [2.05, 4.69) is 15.3 Å². The fourth-order valence-electron chi connectivity index (χ4n) is 1.81. The average Bonchev–Trinajstić information content (AvgIpc) is 3.07. The maximum atomic E-state index is 5.89. The van der Waals surface area contributed by atoms with Crippen LogP contribution in [-0.2, 0) is 0 Å². The van der Waals surface area contributed by atoms with E-state index < -0.39 is 0 Å². The molecule has 9 heteroatoms. The summed E-state index contributed by atoms with van der Waals surface area (Å²) in [5, 5.41) is 5.03. The van der Waals surface area contributed by atoms with Crippen LogP contribution in [0, 0.1) is 0 Å². The zero-order valence-electron chi connectivity index (χ0n) is 13.5. The second-order valence-corrected chi connectivity index (χ2v) is 6.70. The Kier molecular flexibility index (Phi) is 9.88. The summed E-state index contributed by atoms with van der Waals surface area (Å²) in [4.78, 5) is 8.54. The van der Waals surface area contributed by atoms with Crippen molar-refractivity contribution in [2.45, 2.75) is 10.8 Å². The second kappa shape index (κ2) is 11.4. The van der Waals surface area contributed by atoms with Gasteiger partial charge in [-0.25, -0.2) is 4.98 Å². The molecule has 0 saturated carbocycles. The molecule has 24 heavy (non-hydrogen) atoms.